The number of piperazine rings is 1. The number of carbonyl (C=O) groups is 2. The first-order chi connectivity index (χ1) is 17.4. The van der Waals surface area contributed by atoms with Crippen molar-refractivity contribution in [2.45, 2.75) is 37.3 Å². The molecule has 0 aromatic heterocycles. The zero-order valence-electron chi connectivity index (χ0n) is 19.4. The normalized spacial score (nSPS) is 20.1. The minimum atomic E-state index is -5.86. The third kappa shape index (κ3) is 7.55. The van der Waals surface area contributed by atoms with Crippen LogP contribution in [0.4, 0.5) is 50.0 Å². The van der Waals surface area contributed by atoms with Crippen molar-refractivity contribution in [2.24, 2.45) is 0 Å². The molecule has 0 bridgehead atoms. The van der Waals surface area contributed by atoms with E-state index < -0.39 is 48.4 Å². The van der Waals surface area contributed by atoms with Crippen molar-refractivity contribution in [2.75, 3.05) is 50.8 Å². The molecule has 1 aromatic rings. The summed E-state index contributed by atoms with van der Waals surface area (Å²) in [5.74, 6) is -1.27. The summed E-state index contributed by atoms with van der Waals surface area (Å²) in [5.41, 5.74) is -0.703. The number of rotatable bonds is 5. The Morgan fingerprint density at radius 2 is 1.55 bits per heavy atom. The number of nitrogens with zero attached hydrogens (tertiary/aromatic N) is 3. The molecule has 1 atom stereocenters. The molecule has 2 fully saturated rings. The fourth-order valence-electron chi connectivity index (χ4n) is 3.99. The lowest BCUT2D eigenvalue weighted by atomic mass is 10.1. The smallest absolute Gasteiger partial charge is 0.434 e. The highest BCUT2D eigenvalue weighted by molar-refractivity contribution is 5.73. The second-order valence-electron chi connectivity index (χ2n) is 8.64. The molecule has 1 amide bonds. The van der Waals surface area contributed by atoms with Gasteiger partial charge in [0.15, 0.2) is 6.10 Å². The topological polar surface area (TPSA) is 82.6 Å². The maximum absolute atomic E-state index is 13.5. The van der Waals surface area contributed by atoms with Gasteiger partial charge >= 0.3 is 30.6 Å². The Morgan fingerprint density at radius 1 is 0.947 bits per heavy atom. The van der Waals surface area contributed by atoms with Crippen molar-refractivity contribution < 1.29 is 63.7 Å². The van der Waals surface area contributed by atoms with E-state index >= 15 is 0 Å². The lowest BCUT2D eigenvalue weighted by Gasteiger charge is -2.36. The molecule has 2 aliphatic rings. The van der Waals surface area contributed by atoms with E-state index in [4.69, 9.17) is 9.84 Å². The number of aliphatic carboxylic acids is 1. The first-order valence-corrected chi connectivity index (χ1v) is 11.1. The summed E-state index contributed by atoms with van der Waals surface area (Å²) in [6.45, 7) is -0.933. The molecule has 38 heavy (non-hydrogen) atoms. The third-order valence-electron chi connectivity index (χ3n) is 5.86. The average Bonchev–Trinajstić information content (AvgIpc) is 2.80. The fraction of sp³-hybridized carbons (Fsp3) is 0.619. The van der Waals surface area contributed by atoms with Crippen molar-refractivity contribution in [3.63, 3.8) is 0 Å². The summed E-state index contributed by atoms with van der Waals surface area (Å²) in [6.07, 6.45) is -23.8. The molecular weight excluding hydrogens is 545 g/mol. The van der Waals surface area contributed by atoms with E-state index in [1.807, 2.05) is 0 Å². The van der Waals surface area contributed by atoms with E-state index in [9.17, 15) is 49.1 Å². The van der Waals surface area contributed by atoms with E-state index in [0.29, 0.717) is 4.90 Å². The van der Waals surface area contributed by atoms with E-state index in [1.165, 1.54) is 11.0 Å². The quantitative estimate of drug-likeness (QED) is 0.543. The molecule has 1 N–H and O–H groups in total. The molecule has 0 aliphatic carbocycles. The Labute approximate surface area is 209 Å². The number of carboxylic acids is 1. The summed E-state index contributed by atoms with van der Waals surface area (Å²) in [4.78, 5) is 26.8. The van der Waals surface area contributed by atoms with Gasteiger partial charge in [-0.05, 0) is 23.8 Å². The zero-order chi connectivity index (χ0) is 28.5. The maximum Gasteiger partial charge on any atom is 0.434 e. The molecule has 0 spiro atoms. The van der Waals surface area contributed by atoms with Gasteiger partial charge in [0.1, 0.15) is 0 Å². The molecule has 2 saturated heterocycles. The van der Waals surface area contributed by atoms with Gasteiger partial charge in [-0.25, -0.2) is 9.59 Å². The fourth-order valence-corrected chi connectivity index (χ4v) is 3.99. The summed E-state index contributed by atoms with van der Waals surface area (Å²) in [7, 11) is 0. The zero-order valence-corrected chi connectivity index (χ0v) is 19.4. The van der Waals surface area contributed by atoms with Crippen LogP contribution in [0, 0.1) is 0 Å². The van der Waals surface area contributed by atoms with Gasteiger partial charge in [-0.3, -0.25) is 4.90 Å². The van der Waals surface area contributed by atoms with Crippen LogP contribution < -0.4 is 4.90 Å². The van der Waals surface area contributed by atoms with E-state index in [0.717, 1.165) is 12.1 Å². The number of amides is 1. The van der Waals surface area contributed by atoms with E-state index in [-0.39, 0.29) is 63.7 Å². The van der Waals surface area contributed by atoms with Crippen LogP contribution in [-0.2, 0) is 27.0 Å². The summed E-state index contributed by atoms with van der Waals surface area (Å²) in [5, 5.41) is 9.16. The van der Waals surface area contributed by atoms with Crippen molar-refractivity contribution >= 4 is 17.7 Å². The van der Waals surface area contributed by atoms with Crippen molar-refractivity contribution in [3.05, 3.63) is 29.3 Å². The Balaban J connectivity index is 1.68. The number of benzene rings is 1. The Morgan fingerprint density at radius 3 is 2.08 bits per heavy atom. The van der Waals surface area contributed by atoms with Crippen LogP contribution >= 0.6 is 0 Å². The lowest BCUT2D eigenvalue weighted by molar-refractivity contribution is -0.308. The van der Waals surface area contributed by atoms with E-state index in [2.05, 4.69) is 4.74 Å². The second kappa shape index (κ2) is 11.0. The Hall–Kier alpha value is -2.95. The molecule has 17 heteroatoms. The Kier molecular flexibility index (Phi) is 8.60. The third-order valence-corrected chi connectivity index (χ3v) is 5.86. The van der Waals surface area contributed by atoms with Gasteiger partial charge in [-0.15, -0.1) is 0 Å². The van der Waals surface area contributed by atoms with Crippen molar-refractivity contribution in [1.29, 1.82) is 0 Å². The molecule has 0 saturated carbocycles. The van der Waals surface area contributed by atoms with Crippen LogP contribution in [0.3, 0.4) is 0 Å². The van der Waals surface area contributed by atoms with Gasteiger partial charge in [-0.2, -0.15) is 39.5 Å². The van der Waals surface area contributed by atoms with Gasteiger partial charge in [-0.1, -0.05) is 0 Å². The number of anilines is 1. The number of ether oxygens (including phenoxy) is 2. The average molecular weight is 567 g/mol. The first-order valence-electron chi connectivity index (χ1n) is 11.1. The number of carboxylic acid groups (broad SMARTS) is 1. The number of hydrogen-bond acceptors (Lipinski definition) is 6. The highest BCUT2D eigenvalue weighted by Crippen LogP contribution is 2.36. The van der Waals surface area contributed by atoms with Crippen LogP contribution in [-0.4, -0.2) is 97.4 Å². The number of alkyl halides is 9. The first kappa shape index (κ1) is 29.6. The lowest BCUT2D eigenvalue weighted by Crippen LogP contribution is -2.52. The van der Waals surface area contributed by atoms with Crippen molar-refractivity contribution in [1.82, 2.24) is 9.80 Å². The van der Waals surface area contributed by atoms with Gasteiger partial charge < -0.3 is 24.4 Å². The predicted octanol–water partition coefficient (Wildman–Crippen LogP) is 3.74. The van der Waals surface area contributed by atoms with Gasteiger partial charge in [0.2, 0.25) is 0 Å². The van der Waals surface area contributed by atoms with Crippen LogP contribution in [0.5, 0.6) is 0 Å². The molecule has 2 aliphatic heterocycles. The molecule has 1 unspecified atom stereocenters. The number of halogens is 9. The van der Waals surface area contributed by atoms with Crippen LogP contribution in [0.25, 0.3) is 0 Å². The summed E-state index contributed by atoms with van der Waals surface area (Å²) < 4.78 is 125. The van der Waals surface area contributed by atoms with Gasteiger partial charge in [0.05, 0.1) is 18.7 Å². The largest absolute Gasteiger partial charge is 0.479 e. The van der Waals surface area contributed by atoms with Crippen LogP contribution in [0.2, 0.25) is 0 Å². The predicted molar refractivity (Wildman–Crippen MR) is 110 cm³/mol. The number of hydrogen-bond donors (Lipinski definition) is 1. The molecule has 214 valence electrons. The highest BCUT2D eigenvalue weighted by atomic mass is 19.4. The Bertz CT molecular complexity index is 994. The number of morpholine rings is 1. The molecular formula is C21H22F9N3O5. The maximum atomic E-state index is 13.5. The van der Waals surface area contributed by atoms with Crippen LogP contribution in [0.15, 0.2) is 18.2 Å². The molecule has 3 rings (SSSR count). The monoisotopic (exact) mass is 567 g/mol. The highest BCUT2D eigenvalue weighted by Gasteiger charge is 2.60. The van der Waals surface area contributed by atoms with Gasteiger partial charge in [0.25, 0.3) is 6.10 Å². The second-order valence-corrected chi connectivity index (χ2v) is 8.64. The molecule has 1 aromatic carbocycles. The standard InChI is InChI=1S/C21H22F9N3O5/c22-19(23,24)13-7-12(8-14(9-13)33-5-6-37-15(11-33)16(34)35)10-31-1-3-32(4-2-31)18(36)38-17(20(25,26)27)21(28,29)30/h7-9,15,17H,1-6,10-11H2,(H,34,35). The molecule has 8 nitrogen and oxygen atoms in total. The number of carbonyl (C=O) groups excluding carboxylic acids is 1. The molecule has 0 radical (unpaired) electrons. The summed E-state index contributed by atoms with van der Waals surface area (Å²) >= 11 is 0. The van der Waals surface area contributed by atoms with Gasteiger partial charge in [0, 0.05) is 45.0 Å². The minimum absolute atomic E-state index is 0.0237. The molecule has 2 heterocycles. The van der Waals surface area contributed by atoms with Crippen molar-refractivity contribution in [3.8, 4) is 0 Å². The summed E-state index contributed by atoms with van der Waals surface area (Å²) in [6, 6.07) is 3.19. The SMILES string of the molecule is O=C(O)C1CN(c2cc(CN3CCN(C(=O)OC(C(F)(F)F)C(F)(F)F)CC3)cc(C(F)(F)F)c2)CCO1. The minimum Gasteiger partial charge on any atom is -0.479 e. The van der Waals surface area contributed by atoms with E-state index in [1.54, 1.807) is 4.90 Å². The van der Waals surface area contributed by atoms with Crippen LogP contribution in [0.1, 0.15) is 11.1 Å².